The monoisotopic (exact) mass is 587 g/mol. The van der Waals surface area contributed by atoms with E-state index in [4.69, 9.17) is 0 Å². The molecule has 1 heterocycles. The lowest BCUT2D eigenvalue weighted by molar-refractivity contribution is 0.148. The van der Waals surface area contributed by atoms with Crippen LogP contribution in [0.1, 0.15) is 47.5 Å². The molecule has 3 nitrogen and oxygen atoms in total. The van der Waals surface area contributed by atoms with E-state index in [1.54, 1.807) is 5.57 Å². The number of halogens is 2. The predicted octanol–water partition coefficient (Wildman–Crippen LogP) is 6.72. The zero-order valence-electron chi connectivity index (χ0n) is 16.6. The molecular formula is C22H27I2N3. The molecule has 2 bridgehead atoms. The van der Waals surface area contributed by atoms with E-state index >= 15 is 0 Å². The third-order valence-electron chi connectivity index (χ3n) is 6.65. The Kier molecular flexibility index (Phi) is 5.01. The minimum absolute atomic E-state index is 0.164. The fourth-order valence-corrected chi connectivity index (χ4v) is 7.25. The summed E-state index contributed by atoms with van der Waals surface area (Å²) in [6.45, 7) is 11.9. The van der Waals surface area contributed by atoms with Crippen LogP contribution < -0.4 is 0 Å². The Bertz CT molecular complexity index is 954. The largest absolute Gasteiger partial charge is 0.216 e. The van der Waals surface area contributed by atoms with Crippen molar-refractivity contribution in [1.82, 2.24) is 15.0 Å². The number of allylic oxidation sites excluding steroid dienone is 4. The molecule has 0 radical (unpaired) electrons. The number of hydrogen-bond acceptors (Lipinski definition) is 2. The third kappa shape index (κ3) is 2.69. The first-order valence-electron chi connectivity index (χ1n) is 9.85. The molecule has 2 aromatic rings. The summed E-state index contributed by atoms with van der Waals surface area (Å²) in [6, 6.07) is 6.37. The molecule has 3 aliphatic rings. The summed E-state index contributed by atoms with van der Waals surface area (Å²) >= 11 is 5.15. The molecule has 5 heteroatoms. The van der Waals surface area contributed by atoms with Gasteiger partial charge in [0.15, 0.2) is 0 Å². The molecule has 3 aliphatic carbocycles. The average molecular weight is 587 g/mol. The molecule has 0 unspecified atom stereocenters. The first-order chi connectivity index (χ1) is 12.7. The van der Waals surface area contributed by atoms with Crippen molar-refractivity contribution in [3.8, 4) is 0 Å². The Hall–Kier alpha value is -0.440. The number of hydrogen-bond donors (Lipinski definition) is 0. The SMILES string of the molecule is CCC[C@@]1(I)[C@@H]2C=C[C@@H](C(n3nnc4c(I)cccc43)=C2C(C)C)C1(C)C. The Morgan fingerprint density at radius 3 is 2.56 bits per heavy atom. The van der Waals surface area contributed by atoms with Gasteiger partial charge in [-0.25, -0.2) is 4.68 Å². The van der Waals surface area contributed by atoms with Crippen molar-refractivity contribution in [2.24, 2.45) is 23.2 Å². The first kappa shape index (κ1) is 19.9. The predicted molar refractivity (Wildman–Crippen MR) is 130 cm³/mol. The second-order valence-electron chi connectivity index (χ2n) is 8.78. The van der Waals surface area contributed by atoms with E-state index in [0.717, 1.165) is 14.6 Å². The molecule has 0 amide bonds. The van der Waals surface area contributed by atoms with E-state index in [1.165, 1.54) is 18.5 Å². The minimum Gasteiger partial charge on any atom is -0.216 e. The summed E-state index contributed by atoms with van der Waals surface area (Å²) in [6.07, 6.45) is 7.39. The van der Waals surface area contributed by atoms with Crippen molar-refractivity contribution in [3.05, 3.63) is 39.5 Å². The standard InChI is InChI=1S/C22H27I2N3/c1-6-12-22(24)14-10-11-15(21(22,4)5)20(18(14)13(2)3)27-17-9-7-8-16(23)19(17)25-26-27/h7-11,13-15H,6,12H2,1-5H3/t14-,15+,22-/m1/s1. The van der Waals surface area contributed by atoms with Gasteiger partial charge in [0.1, 0.15) is 5.52 Å². The van der Waals surface area contributed by atoms with Crippen LogP contribution >= 0.6 is 45.2 Å². The summed E-state index contributed by atoms with van der Waals surface area (Å²) in [5, 5.41) is 9.19. The van der Waals surface area contributed by atoms with E-state index in [2.05, 4.69) is 125 Å². The maximum atomic E-state index is 4.66. The second-order valence-corrected chi connectivity index (χ2v) is 11.9. The van der Waals surface area contributed by atoms with E-state index < -0.39 is 0 Å². The summed E-state index contributed by atoms with van der Waals surface area (Å²) in [7, 11) is 0. The van der Waals surface area contributed by atoms with E-state index in [-0.39, 0.29) is 8.84 Å². The van der Waals surface area contributed by atoms with Gasteiger partial charge in [-0.3, -0.25) is 0 Å². The fraction of sp³-hybridized carbons (Fsp3) is 0.545. The van der Waals surface area contributed by atoms with Crippen molar-refractivity contribution in [1.29, 1.82) is 0 Å². The van der Waals surface area contributed by atoms with Gasteiger partial charge < -0.3 is 0 Å². The average Bonchev–Trinajstić information content (AvgIpc) is 3.04. The van der Waals surface area contributed by atoms with Crippen molar-refractivity contribution >= 4 is 61.9 Å². The van der Waals surface area contributed by atoms with E-state index in [0.29, 0.717) is 17.8 Å². The Morgan fingerprint density at radius 1 is 1.19 bits per heavy atom. The van der Waals surface area contributed by atoms with Gasteiger partial charge in [0, 0.05) is 18.8 Å². The van der Waals surface area contributed by atoms with Crippen molar-refractivity contribution in [2.75, 3.05) is 0 Å². The molecule has 3 atom stereocenters. The Morgan fingerprint density at radius 2 is 1.89 bits per heavy atom. The fourth-order valence-electron chi connectivity index (χ4n) is 5.24. The van der Waals surface area contributed by atoms with Crippen LogP contribution in [0, 0.1) is 26.7 Å². The summed E-state index contributed by atoms with van der Waals surface area (Å²) in [5.41, 5.74) is 5.22. The highest BCUT2D eigenvalue weighted by molar-refractivity contribution is 14.1. The number of rotatable bonds is 4. The van der Waals surface area contributed by atoms with Gasteiger partial charge in [-0.1, -0.05) is 87.1 Å². The highest BCUT2D eigenvalue weighted by Gasteiger charge is 2.59. The van der Waals surface area contributed by atoms with E-state index in [1.807, 2.05) is 0 Å². The Balaban J connectivity index is 2.01. The lowest BCUT2D eigenvalue weighted by Gasteiger charge is -2.59. The van der Waals surface area contributed by atoms with Crippen LogP contribution in [0.3, 0.4) is 0 Å². The van der Waals surface area contributed by atoms with E-state index in [9.17, 15) is 0 Å². The van der Waals surface area contributed by atoms with Crippen LogP contribution in [-0.4, -0.2) is 18.4 Å². The number of alkyl halides is 1. The zero-order chi connectivity index (χ0) is 19.6. The van der Waals surface area contributed by atoms with Gasteiger partial charge in [-0.15, -0.1) is 5.10 Å². The van der Waals surface area contributed by atoms with Crippen molar-refractivity contribution < 1.29 is 0 Å². The van der Waals surface area contributed by atoms with Gasteiger partial charge in [0.05, 0.1) is 11.2 Å². The molecule has 0 saturated carbocycles. The topological polar surface area (TPSA) is 30.7 Å². The van der Waals surface area contributed by atoms with Crippen LogP contribution in [0.5, 0.6) is 0 Å². The molecule has 0 fully saturated rings. The number of aromatic nitrogens is 3. The number of fused-ring (bicyclic) bond motifs is 2. The first-order valence-corrected chi connectivity index (χ1v) is 12.0. The van der Waals surface area contributed by atoms with Crippen LogP contribution in [0.4, 0.5) is 0 Å². The molecule has 0 spiro atoms. The van der Waals surface area contributed by atoms with Gasteiger partial charge in [0.2, 0.25) is 0 Å². The summed E-state index contributed by atoms with van der Waals surface area (Å²) < 4.78 is 3.55. The van der Waals surface area contributed by atoms with Crippen LogP contribution in [0.2, 0.25) is 0 Å². The maximum absolute atomic E-state index is 4.66. The minimum atomic E-state index is 0.164. The van der Waals surface area contributed by atoms with Gasteiger partial charge >= 0.3 is 0 Å². The highest BCUT2D eigenvalue weighted by atomic mass is 127. The molecular weight excluding hydrogens is 560 g/mol. The Labute approximate surface area is 189 Å². The quantitative estimate of drug-likeness (QED) is 0.226. The summed E-state index contributed by atoms with van der Waals surface area (Å²) in [4.78, 5) is 0. The van der Waals surface area contributed by atoms with Crippen LogP contribution in [0.25, 0.3) is 16.7 Å². The van der Waals surface area contributed by atoms with Gasteiger partial charge in [-0.2, -0.15) is 0 Å². The molecule has 5 rings (SSSR count). The normalized spacial score (nSPS) is 29.3. The van der Waals surface area contributed by atoms with Gasteiger partial charge in [0.25, 0.3) is 0 Å². The smallest absolute Gasteiger partial charge is 0.126 e. The lowest BCUT2D eigenvalue weighted by Crippen LogP contribution is -2.56. The zero-order valence-corrected chi connectivity index (χ0v) is 20.9. The third-order valence-corrected chi connectivity index (χ3v) is 10.1. The molecule has 0 N–H and O–H groups in total. The molecule has 27 heavy (non-hydrogen) atoms. The molecule has 144 valence electrons. The molecule has 0 aliphatic heterocycles. The van der Waals surface area contributed by atoms with Crippen LogP contribution in [-0.2, 0) is 0 Å². The molecule has 1 aromatic carbocycles. The highest BCUT2D eigenvalue weighted by Crippen LogP contribution is 2.65. The lowest BCUT2D eigenvalue weighted by atomic mass is 9.52. The molecule has 1 aromatic heterocycles. The maximum Gasteiger partial charge on any atom is 0.126 e. The van der Waals surface area contributed by atoms with Crippen molar-refractivity contribution in [2.45, 2.75) is 50.9 Å². The van der Waals surface area contributed by atoms with Crippen molar-refractivity contribution in [3.63, 3.8) is 0 Å². The second kappa shape index (κ2) is 6.82. The summed E-state index contributed by atoms with van der Waals surface area (Å²) in [5.74, 6) is 1.29. The number of nitrogens with zero attached hydrogens (tertiary/aromatic N) is 3. The van der Waals surface area contributed by atoms with Gasteiger partial charge in [-0.05, 0) is 58.1 Å². The molecule has 0 saturated heterocycles. The van der Waals surface area contributed by atoms with Crippen LogP contribution in [0.15, 0.2) is 35.9 Å². The number of benzene rings is 1.